The van der Waals surface area contributed by atoms with E-state index in [1.54, 1.807) is 34.1 Å². The van der Waals surface area contributed by atoms with Crippen LogP contribution in [0.4, 0.5) is 17.1 Å². The molecule has 1 saturated heterocycles. The third-order valence-corrected chi connectivity index (χ3v) is 9.18. The van der Waals surface area contributed by atoms with Crippen molar-refractivity contribution in [3.8, 4) is 11.1 Å². The Kier molecular flexibility index (Phi) is 9.96. The maximum atomic E-state index is 13.9. The van der Waals surface area contributed by atoms with Crippen LogP contribution < -0.4 is 15.1 Å². The van der Waals surface area contributed by atoms with Gasteiger partial charge in [-0.15, -0.1) is 0 Å². The minimum atomic E-state index is -0.238. The van der Waals surface area contributed by atoms with Gasteiger partial charge >= 0.3 is 0 Å². The average Bonchev–Trinajstić information content (AvgIpc) is 3.24. The van der Waals surface area contributed by atoms with Gasteiger partial charge in [0, 0.05) is 68.9 Å². The Balaban J connectivity index is 1.13. The molecule has 9 heteroatoms. The van der Waals surface area contributed by atoms with Crippen LogP contribution in [-0.4, -0.2) is 79.7 Å². The lowest BCUT2D eigenvalue weighted by Crippen LogP contribution is -2.47. The number of fused-ring (bicyclic) bond motifs is 1. The van der Waals surface area contributed by atoms with E-state index in [1.807, 2.05) is 84.6 Å². The Morgan fingerprint density at radius 3 is 2.10 bits per heavy atom. The third kappa shape index (κ3) is 7.16. The molecule has 0 aromatic heterocycles. The first-order valence-corrected chi connectivity index (χ1v) is 16.5. The van der Waals surface area contributed by atoms with Gasteiger partial charge in [-0.05, 0) is 79.5 Å². The molecule has 2 heterocycles. The lowest BCUT2D eigenvalue weighted by molar-refractivity contribution is -0.133. The van der Waals surface area contributed by atoms with Gasteiger partial charge in [0.1, 0.15) is 0 Å². The number of benzene rings is 4. The summed E-state index contributed by atoms with van der Waals surface area (Å²) in [5, 5.41) is 2.98. The van der Waals surface area contributed by atoms with Crippen LogP contribution >= 0.6 is 0 Å². The van der Waals surface area contributed by atoms with Crippen LogP contribution in [0, 0.1) is 6.92 Å². The number of likely N-dealkylation sites (N-methyl/N-ethyl adjacent to an activating group) is 1. The topological polar surface area (TPSA) is 93.3 Å². The van der Waals surface area contributed by atoms with Crippen molar-refractivity contribution >= 4 is 40.7 Å². The van der Waals surface area contributed by atoms with Crippen molar-refractivity contribution in [1.82, 2.24) is 9.80 Å². The van der Waals surface area contributed by atoms with E-state index in [9.17, 15) is 19.2 Å². The van der Waals surface area contributed by atoms with Crippen molar-refractivity contribution in [3.05, 3.63) is 114 Å². The predicted octanol–water partition coefficient (Wildman–Crippen LogP) is 5.85. The van der Waals surface area contributed by atoms with Gasteiger partial charge in [0.15, 0.2) is 0 Å². The molecule has 48 heavy (non-hydrogen) atoms. The SMILES string of the molecule is Cc1ccccc1-c1ccccc1C(=O)Nc1ccc(C(=O)N2CCC(=O)N(CCCC(=O)N3CCN(C)CC3)c3ccccc32)cc1. The molecule has 9 nitrogen and oxygen atoms in total. The van der Waals surface area contributed by atoms with E-state index in [1.165, 1.54) is 0 Å². The molecule has 2 aliphatic rings. The molecule has 0 unspecified atom stereocenters. The highest BCUT2D eigenvalue weighted by Gasteiger charge is 2.30. The van der Waals surface area contributed by atoms with E-state index in [0.717, 1.165) is 42.9 Å². The Morgan fingerprint density at radius 1 is 0.729 bits per heavy atom. The summed E-state index contributed by atoms with van der Waals surface area (Å²) >= 11 is 0. The fourth-order valence-electron chi connectivity index (χ4n) is 6.42. The van der Waals surface area contributed by atoms with Gasteiger partial charge in [-0.2, -0.15) is 0 Å². The van der Waals surface area contributed by atoms with Crippen molar-refractivity contribution < 1.29 is 19.2 Å². The molecular formula is C39H41N5O4. The number of nitrogens with zero attached hydrogens (tertiary/aromatic N) is 4. The van der Waals surface area contributed by atoms with E-state index in [4.69, 9.17) is 0 Å². The monoisotopic (exact) mass is 643 g/mol. The second kappa shape index (κ2) is 14.6. The normalized spacial score (nSPS) is 15.1. The Labute approximate surface area is 281 Å². The van der Waals surface area contributed by atoms with Gasteiger partial charge in [-0.1, -0.05) is 54.6 Å². The number of piperazine rings is 1. The molecule has 0 radical (unpaired) electrons. The molecule has 2 aliphatic heterocycles. The minimum absolute atomic E-state index is 0.0752. The summed E-state index contributed by atoms with van der Waals surface area (Å²) in [7, 11) is 2.06. The van der Waals surface area contributed by atoms with E-state index in [-0.39, 0.29) is 36.6 Å². The molecule has 4 aromatic rings. The molecule has 0 atom stereocenters. The largest absolute Gasteiger partial charge is 0.340 e. The number of rotatable bonds is 8. The van der Waals surface area contributed by atoms with Gasteiger partial charge in [0.05, 0.1) is 11.4 Å². The fourth-order valence-corrected chi connectivity index (χ4v) is 6.42. The number of nitrogens with one attached hydrogen (secondary N) is 1. The standard InChI is InChI=1S/C39H41N5O4/c1-28-10-3-4-11-31(28)32-12-5-6-13-33(32)38(47)40-30-19-17-29(18-20-30)39(48)44-23-21-37(46)43(34-14-7-8-15-35(34)44)22-9-16-36(45)42-26-24-41(2)25-27-42/h3-8,10-15,17-20H,9,16,21-27H2,1-2H3,(H,40,47). The van der Waals surface area contributed by atoms with Gasteiger partial charge in [-0.25, -0.2) is 0 Å². The number of amides is 4. The zero-order valence-electron chi connectivity index (χ0n) is 27.5. The maximum Gasteiger partial charge on any atom is 0.258 e. The van der Waals surface area contributed by atoms with Gasteiger partial charge in [0.2, 0.25) is 11.8 Å². The van der Waals surface area contributed by atoms with Crippen molar-refractivity contribution in [2.45, 2.75) is 26.2 Å². The summed E-state index contributed by atoms with van der Waals surface area (Å²) in [5.41, 5.74) is 5.83. The number of para-hydroxylation sites is 2. The highest BCUT2D eigenvalue weighted by Crippen LogP contribution is 2.34. The molecule has 0 saturated carbocycles. The molecule has 246 valence electrons. The summed E-state index contributed by atoms with van der Waals surface area (Å²) in [6.45, 7) is 5.86. The molecule has 6 rings (SSSR count). The Hall–Kier alpha value is -5.28. The zero-order chi connectivity index (χ0) is 33.6. The highest BCUT2D eigenvalue weighted by atomic mass is 16.2. The summed E-state index contributed by atoms with van der Waals surface area (Å²) in [6.07, 6.45) is 1.09. The summed E-state index contributed by atoms with van der Waals surface area (Å²) in [6, 6.07) is 29.7. The molecule has 0 bridgehead atoms. The highest BCUT2D eigenvalue weighted by molar-refractivity contribution is 6.12. The van der Waals surface area contributed by atoms with E-state index < -0.39 is 0 Å². The first-order chi connectivity index (χ1) is 23.3. The quantitative estimate of drug-likeness (QED) is 0.260. The number of hydrogen-bond acceptors (Lipinski definition) is 5. The van der Waals surface area contributed by atoms with Crippen LogP contribution in [0.5, 0.6) is 0 Å². The summed E-state index contributed by atoms with van der Waals surface area (Å²) in [4.78, 5) is 60.9. The lowest BCUT2D eigenvalue weighted by Gasteiger charge is -2.32. The van der Waals surface area contributed by atoms with E-state index >= 15 is 0 Å². The van der Waals surface area contributed by atoms with Crippen LogP contribution in [0.1, 0.15) is 45.5 Å². The summed E-state index contributed by atoms with van der Waals surface area (Å²) < 4.78 is 0. The Morgan fingerprint density at radius 2 is 1.38 bits per heavy atom. The minimum Gasteiger partial charge on any atom is -0.340 e. The number of carbonyl (C=O) groups excluding carboxylic acids is 4. The molecular weight excluding hydrogens is 602 g/mol. The number of aryl methyl sites for hydroxylation is 1. The second-order valence-corrected chi connectivity index (χ2v) is 12.4. The van der Waals surface area contributed by atoms with Crippen molar-refractivity contribution in [3.63, 3.8) is 0 Å². The number of hydrogen-bond donors (Lipinski definition) is 1. The van der Waals surface area contributed by atoms with Crippen LogP contribution in [0.25, 0.3) is 11.1 Å². The first-order valence-electron chi connectivity index (χ1n) is 16.5. The van der Waals surface area contributed by atoms with Crippen LogP contribution in [0.15, 0.2) is 97.1 Å². The average molecular weight is 644 g/mol. The lowest BCUT2D eigenvalue weighted by atomic mass is 9.95. The van der Waals surface area contributed by atoms with Gasteiger partial charge in [-0.3, -0.25) is 19.2 Å². The van der Waals surface area contributed by atoms with Gasteiger partial charge < -0.3 is 24.9 Å². The second-order valence-electron chi connectivity index (χ2n) is 12.4. The zero-order valence-corrected chi connectivity index (χ0v) is 27.5. The molecule has 1 fully saturated rings. The third-order valence-electron chi connectivity index (χ3n) is 9.18. The van der Waals surface area contributed by atoms with Crippen LogP contribution in [0.3, 0.4) is 0 Å². The van der Waals surface area contributed by atoms with Crippen molar-refractivity contribution in [2.75, 3.05) is 61.4 Å². The number of carbonyl (C=O) groups is 4. The van der Waals surface area contributed by atoms with E-state index in [2.05, 4.69) is 17.3 Å². The summed E-state index contributed by atoms with van der Waals surface area (Å²) in [5.74, 6) is -0.428. The molecule has 1 N–H and O–H groups in total. The first kappa shape index (κ1) is 32.7. The fraction of sp³-hybridized carbons (Fsp3) is 0.282. The van der Waals surface area contributed by atoms with Crippen molar-refractivity contribution in [1.29, 1.82) is 0 Å². The Bertz CT molecular complexity index is 1810. The molecule has 0 spiro atoms. The van der Waals surface area contributed by atoms with Crippen molar-refractivity contribution in [2.24, 2.45) is 0 Å². The molecule has 0 aliphatic carbocycles. The maximum absolute atomic E-state index is 13.9. The predicted molar refractivity (Wildman–Crippen MR) is 189 cm³/mol. The smallest absolute Gasteiger partial charge is 0.258 e. The van der Waals surface area contributed by atoms with E-state index in [0.29, 0.717) is 47.6 Å². The molecule has 4 aromatic carbocycles. The van der Waals surface area contributed by atoms with Gasteiger partial charge in [0.25, 0.3) is 11.8 Å². The molecule has 4 amide bonds. The number of anilines is 3. The van der Waals surface area contributed by atoms with Crippen LogP contribution in [0.2, 0.25) is 0 Å². The van der Waals surface area contributed by atoms with Crippen LogP contribution in [-0.2, 0) is 9.59 Å².